The first-order chi connectivity index (χ1) is 17.5. The Balaban J connectivity index is 1.24. The van der Waals surface area contributed by atoms with Crippen molar-refractivity contribution in [3.05, 3.63) is 85.3 Å². The number of nitrogens with zero attached hydrogens (tertiary/aromatic N) is 4. The third-order valence-corrected chi connectivity index (χ3v) is 6.08. The molecule has 0 unspecified atom stereocenters. The van der Waals surface area contributed by atoms with Crippen molar-refractivity contribution in [1.82, 2.24) is 24.8 Å². The summed E-state index contributed by atoms with van der Waals surface area (Å²) in [5.74, 6) is 2.61. The van der Waals surface area contributed by atoms with Gasteiger partial charge in [-0.15, -0.1) is 0 Å². The van der Waals surface area contributed by atoms with Gasteiger partial charge in [-0.25, -0.2) is 4.98 Å². The Morgan fingerprint density at radius 2 is 1.69 bits per heavy atom. The number of hydrogen-bond donors (Lipinski definition) is 1. The number of hydrogen-bond acceptors (Lipinski definition) is 6. The fourth-order valence-electron chi connectivity index (χ4n) is 4.21. The van der Waals surface area contributed by atoms with Crippen LogP contribution in [0.15, 0.2) is 85.3 Å². The van der Waals surface area contributed by atoms with Gasteiger partial charge in [-0.2, -0.15) is 4.98 Å². The minimum atomic E-state index is -0.0512. The molecule has 0 spiro atoms. The van der Waals surface area contributed by atoms with Crippen molar-refractivity contribution >= 4 is 16.9 Å². The van der Waals surface area contributed by atoms with Crippen molar-refractivity contribution in [2.24, 2.45) is 0 Å². The molecule has 184 valence electrons. The molecule has 5 rings (SSSR count). The Bertz CT molecular complexity index is 1340. The number of rotatable bonds is 9. The van der Waals surface area contributed by atoms with Gasteiger partial charge in [0.25, 0.3) is 0 Å². The van der Waals surface area contributed by atoms with E-state index >= 15 is 0 Å². The van der Waals surface area contributed by atoms with Gasteiger partial charge in [0.1, 0.15) is 29.1 Å². The van der Waals surface area contributed by atoms with Crippen LogP contribution in [0.3, 0.4) is 0 Å². The maximum absolute atomic E-state index is 12.1. The van der Waals surface area contributed by atoms with Gasteiger partial charge in [0.05, 0.1) is 5.52 Å². The van der Waals surface area contributed by atoms with E-state index in [9.17, 15) is 4.79 Å². The SMILES string of the molecule is CN(C)C/C=C/C(=O)NC1CC(n2ccc3ncnc(Oc4ccc(Oc5ccccc5)cc4)c32)C1. The van der Waals surface area contributed by atoms with E-state index in [-0.39, 0.29) is 18.0 Å². The highest BCUT2D eigenvalue weighted by molar-refractivity contribution is 5.87. The largest absolute Gasteiger partial charge is 0.457 e. The number of carbonyl (C=O) groups is 1. The van der Waals surface area contributed by atoms with Crippen molar-refractivity contribution < 1.29 is 14.3 Å². The molecular weight excluding hydrogens is 454 g/mol. The van der Waals surface area contributed by atoms with Crippen molar-refractivity contribution in [3.63, 3.8) is 0 Å². The standard InChI is InChI=1S/C28H29N5O3/c1-32(2)15-6-9-26(34)31-20-17-21(18-20)33-16-14-25-27(33)28(30-19-29-25)36-24-12-10-23(11-13-24)35-22-7-4-3-5-8-22/h3-14,16,19-21H,15,17-18H2,1-2H3,(H,31,34)/b9-6+. The molecule has 0 bridgehead atoms. The fraction of sp³-hybridized carbons (Fsp3) is 0.250. The zero-order valence-corrected chi connectivity index (χ0v) is 20.4. The van der Waals surface area contributed by atoms with Gasteiger partial charge < -0.3 is 24.3 Å². The van der Waals surface area contributed by atoms with Crippen LogP contribution in [0, 0.1) is 0 Å². The fourth-order valence-corrected chi connectivity index (χ4v) is 4.21. The predicted molar refractivity (Wildman–Crippen MR) is 138 cm³/mol. The van der Waals surface area contributed by atoms with Crippen molar-refractivity contribution in [2.45, 2.75) is 24.9 Å². The first-order valence-electron chi connectivity index (χ1n) is 12.0. The number of amides is 1. The summed E-state index contributed by atoms with van der Waals surface area (Å²) >= 11 is 0. The lowest BCUT2D eigenvalue weighted by Crippen LogP contribution is -2.44. The maximum atomic E-state index is 12.1. The maximum Gasteiger partial charge on any atom is 0.247 e. The second-order valence-corrected chi connectivity index (χ2v) is 9.12. The van der Waals surface area contributed by atoms with Crippen LogP contribution in [0.4, 0.5) is 0 Å². The number of para-hydroxylation sites is 1. The van der Waals surface area contributed by atoms with Crippen LogP contribution >= 0.6 is 0 Å². The topological polar surface area (TPSA) is 81.5 Å². The number of aromatic nitrogens is 3. The molecule has 1 amide bonds. The average molecular weight is 484 g/mol. The summed E-state index contributed by atoms with van der Waals surface area (Å²) in [6, 6.07) is 19.5. The number of nitrogens with one attached hydrogen (secondary N) is 1. The van der Waals surface area contributed by atoms with E-state index in [4.69, 9.17) is 9.47 Å². The molecule has 2 aromatic carbocycles. The number of fused-ring (bicyclic) bond motifs is 1. The zero-order chi connectivity index (χ0) is 24.9. The Morgan fingerprint density at radius 1 is 1.00 bits per heavy atom. The van der Waals surface area contributed by atoms with Crippen LogP contribution in [0.1, 0.15) is 18.9 Å². The lowest BCUT2D eigenvalue weighted by Gasteiger charge is -2.37. The summed E-state index contributed by atoms with van der Waals surface area (Å²) in [5.41, 5.74) is 1.67. The summed E-state index contributed by atoms with van der Waals surface area (Å²) in [4.78, 5) is 23.0. The van der Waals surface area contributed by atoms with Gasteiger partial charge in [-0.05, 0) is 69.4 Å². The Labute approximate surface area is 210 Å². The summed E-state index contributed by atoms with van der Waals surface area (Å²) in [6.45, 7) is 0.738. The monoisotopic (exact) mass is 483 g/mol. The molecule has 2 heterocycles. The quantitative estimate of drug-likeness (QED) is 0.339. The van der Waals surface area contributed by atoms with E-state index in [2.05, 4.69) is 19.9 Å². The van der Waals surface area contributed by atoms with Gasteiger partial charge in [0.15, 0.2) is 0 Å². The smallest absolute Gasteiger partial charge is 0.247 e. The third-order valence-electron chi connectivity index (χ3n) is 6.08. The molecule has 0 saturated heterocycles. The second kappa shape index (κ2) is 10.6. The molecule has 8 heteroatoms. The summed E-state index contributed by atoms with van der Waals surface area (Å²) in [6.07, 6.45) is 8.69. The van der Waals surface area contributed by atoms with Gasteiger partial charge in [-0.3, -0.25) is 4.79 Å². The first kappa shape index (κ1) is 23.6. The van der Waals surface area contributed by atoms with E-state index in [0.717, 1.165) is 41.9 Å². The highest BCUT2D eigenvalue weighted by Crippen LogP contribution is 2.38. The van der Waals surface area contributed by atoms with Crippen LogP contribution in [-0.4, -0.2) is 52.0 Å². The molecule has 2 aromatic heterocycles. The van der Waals surface area contributed by atoms with E-state index in [1.807, 2.05) is 91.9 Å². The van der Waals surface area contributed by atoms with Crippen LogP contribution < -0.4 is 14.8 Å². The van der Waals surface area contributed by atoms with Crippen molar-refractivity contribution in [2.75, 3.05) is 20.6 Å². The third kappa shape index (κ3) is 5.55. The highest BCUT2D eigenvalue weighted by atomic mass is 16.5. The Kier molecular flexibility index (Phi) is 6.95. The first-order valence-corrected chi connectivity index (χ1v) is 12.0. The van der Waals surface area contributed by atoms with E-state index in [0.29, 0.717) is 11.6 Å². The predicted octanol–water partition coefficient (Wildman–Crippen LogP) is 4.95. The van der Waals surface area contributed by atoms with Crippen LogP contribution in [-0.2, 0) is 4.79 Å². The Morgan fingerprint density at radius 3 is 2.42 bits per heavy atom. The number of carbonyl (C=O) groups excluding carboxylic acids is 1. The van der Waals surface area contributed by atoms with Crippen molar-refractivity contribution in [3.8, 4) is 23.1 Å². The molecule has 0 aliphatic heterocycles. The van der Waals surface area contributed by atoms with Crippen molar-refractivity contribution in [1.29, 1.82) is 0 Å². The number of ether oxygens (including phenoxy) is 2. The molecule has 1 aliphatic rings. The normalized spacial score (nSPS) is 17.3. The minimum Gasteiger partial charge on any atom is -0.457 e. The molecule has 4 aromatic rings. The van der Waals surface area contributed by atoms with E-state index in [1.165, 1.54) is 6.33 Å². The lowest BCUT2D eigenvalue weighted by atomic mass is 9.86. The van der Waals surface area contributed by atoms with Gasteiger partial charge in [-0.1, -0.05) is 24.3 Å². The van der Waals surface area contributed by atoms with E-state index in [1.54, 1.807) is 6.08 Å². The van der Waals surface area contributed by atoms with Crippen LogP contribution in [0.5, 0.6) is 23.1 Å². The Hall–Kier alpha value is -4.17. The average Bonchev–Trinajstić information content (AvgIpc) is 3.27. The summed E-state index contributed by atoms with van der Waals surface area (Å²) in [7, 11) is 3.94. The van der Waals surface area contributed by atoms with Crippen LogP contribution in [0.25, 0.3) is 11.0 Å². The molecule has 1 N–H and O–H groups in total. The molecule has 0 atom stereocenters. The molecule has 36 heavy (non-hydrogen) atoms. The second-order valence-electron chi connectivity index (χ2n) is 9.12. The van der Waals surface area contributed by atoms with Gasteiger partial charge >= 0.3 is 0 Å². The minimum absolute atomic E-state index is 0.0512. The lowest BCUT2D eigenvalue weighted by molar-refractivity contribution is -0.117. The van der Waals surface area contributed by atoms with E-state index < -0.39 is 0 Å². The molecule has 1 fully saturated rings. The van der Waals surface area contributed by atoms with Gasteiger partial charge in [0.2, 0.25) is 11.8 Å². The number of likely N-dealkylation sites (N-methyl/N-ethyl adjacent to an activating group) is 1. The number of benzene rings is 2. The molecule has 1 saturated carbocycles. The molecule has 0 radical (unpaired) electrons. The highest BCUT2D eigenvalue weighted by Gasteiger charge is 2.32. The zero-order valence-electron chi connectivity index (χ0n) is 20.4. The molecule has 8 nitrogen and oxygen atoms in total. The van der Waals surface area contributed by atoms with Crippen LogP contribution in [0.2, 0.25) is 0 Å². The summed E-state index contributed by atoms with van der Waals surface area (Å²) < 4.78 is 14.2. The molecular formula is C28H29N5O3. The summed E-state index contributed by atoms with van der Waals surface area (Å²) in [5, 5.41) is 3.08. The van der Waals surface area contributed by atoms with Gasteiger partial charge in [0, 0.05) is 30.9 Å². The molecule has 1 aliphatic carbocycles.